The summed E-state index contributed by atoms with van der Waals surface area (Å²) in [4.78, 5) is 22.6. The maximum absolute atomic E-state index is 12.1. The zero-order valence-corrected chi connectivity index (χ0v) is 10.8. The lowest BCUT2D eigenvalue weighted by Gasteiger charge is -2.33. The second-order valence-corrected chi connectivity index (χ2v) is 5.43. The van der Waals surface area contributed by atoms with Gasteiger partial charge in [-0.05, 0) is 26.2 Å². The van der Waals surface area contributed by atoms with Crippen molar-refractivity contribution in [3.63, 3.8) is 0 Å². The average Bonchev–Trinajstić information content (AvgIpc) is 2.27. The molecule has 1 fully saturated rings. The molecule has 0 heterocycles. The van der Waals surface area contributed by atoms with E-state index in [1.807, 2.05) is 13.8 Å². The molecular formula is C13H23NO3. The highest BCUT2D eigenvalue weighted by atomic mass is 16.4. The van der Waals surface area contributed by atoms with Crippen LogP contribution in [0.25, 0.3) is 0 Å². The predicted molar refractivity (Wildman–Crippen MR) is 65.7 cm³/mol. The molecule has 1 aliphatic rings. The standard InChI is InChI=1S/C13H23NO3/c1-10(6-7-11(15)16)14-12(17)13(2)8-4-3-5-9-13/h10H,3-9H2,1-2H3,(H,14,17)(H,15,16). The van der Waals surface area contributed by atoms with Gasteiger partial charge in [-0.15, -0.1) is 0 Å². The Morgan fingerprint density at radius 1 is 1.29 bits per heavy atom. The molecule has 0 aromatic carbocycles. The van der Waals surface area contributed by atoms with Crippen LogP contribution < -0.4 is 5.32 Å². The molecule has 1 saturated carbocycles. The van der Waals surface area contributed by atoms with Gasteiger partial charge in [0, 0.05) is 17.9 Å². The first-order valence-electron chi connectivity index (χ1n) is 6.47. The Kier molecular flexibility index (Phi) is 4.97. The Bertz CT molecular complexity index is 282. The van der Waals surface area contributed by atoms with E-state index < -0.39 is 5.97 Å². The van der Waals surface area contributed by atoms with Gasteiger partial charge in [0.25, 0.3) is 0 Å². The molecule has 17 heavy (non-hydrogen) atoms. The van der Waals surface area contributed by atoms with Gasteiger partial charge >= 0.3 is 5.97 Å². The summed E-state index contributed by atoms with van der Waals surface area (Å²) in [6, 6.07) is -0.0580. The van der Waals surface area contributed by atoms with Crippen LogP contribution in [0, 0.1) is 5.41 Å². The molecule has 0 aromatic rings. The normalized spacial score (nSPS) is 20.6. The molecule has 1 atom stereocenters. The highest BCUT2D eigenvalue weighted by Gasteiger charge is 2.34. The summed E-state index contributed by atoms with van der Waals surface area (Å²) in [7, 11) is 0. The van der Waals surface area contributed by atoms with Gasteiger partial charge in [-0.3, -0.25) is 9.59 Å². The third-order valence-electron chi connectivity index (χ3n) is 3.67. The highest BCUT2D eigenvalue weighted by molar-refractivity contribution is 5.82. The van der Waals surface area contributed by atoms with Crippen molar-refractivity contribution in [2.75, 3.05) is 0 Å². The molecule has 1 aliphatic carbocycles. The minimum atomic E-state index is -0.810. The van der Waals surface area contributed by atoms with Crippen LogP contribution in [0.5, 0.6) is 0 Å². The Morgan fingerprint density at radius 3 is 2.41 bits per heavy atom. The summed E-state index contributed by atoms with van der Waals surface area (Å²) >= 11 is 0. The third kappa shape index (κ3) is 4.36. The number of carboxylic acids is 1. The fraction of sp³-hybridized carbons (Fsp3) is 0.846. The van der Waals surface area contributed by atoms with Crippen molar-refractivity contribution in [1.82, 2.24) is 5.32 Å². The maximum Gasteiger partial charge on any atom is 0.303 e. The van der Waals surface area contributed by atoms with Gasteiger partial charge in [0.05, 0.1) is 0 Å². The minimum absolute atomic E-state index is 0.0580. The van der Waals surface area contributed by atoms with Crippen molar-refractivity contribution in [2.24, 2.45) is 5.41 Å². The Labute approximate surface area is 103 Å². The predicted octanol–water partition coefficient (Wildman–Crippen LogP) is 2.33. The molecule has 0 radical (unpaired) electrons. The van der Waals surface area contributed by atoms with E-state index in [-0.39, 0.29) is 23.8 Å². The molecule has 0 aliphatic heterocycles. The molecule has 0 bridgehead atoms. The van der Waals surface area contributed by atoms with Crippen LogP contribution in [-0.2, 0) is 9.59 Å². The summed E-state index contributed by atoms with van der Waals surface area (Å²) in [5.74, 6) is -0.718. The second-order valence-electron chi connectivity index (χ2n) is 5.43. The quantitative estimate of drug-likeness (QED) is 0.776. The van der Waals surface area contributed by atoms with Crippen molar-refractivity contribution in [1.29, 1.82) is 0 Å². The number of rotatable bonds is 5. The largest absolute Gasteiger partial charge is 0.481 e. The SMILES string of the molecule is CC(CCC(=O)O)NC(=O)C1(C)CCCCC1. The number of carboxylic acid groups (broad SMARTS) is 1. The van der Waals surface area contributed by atoms with Crippen LogP contribution in [0.15, 0.2) is 0 Å². The molecule has 0 saturated heterocycles. The summed E-state index contributed by atoms with van der Waals surface area (Å²) < 4.78 is 0. The van der Waals surface area contributed by atoms with Gasteiger partial charge in [0.2, 0.25) is 5.91 Å². The van der Waals surface area contributed by atoms with E-state index in [9.17, 15) is 9.59 Å². The molecule has 2 N–H and O–H groups in total. The van der Waals surface area contributed by atoms with Crippen molar-refractivity contribution >= 4 is 11.9 Å². The Balaban J connectivity index is 2.39. The molecule has 1 amide bonds. The van der Waals surface area contributed by atoms with E-state index in [2.05, 4.69) is 5.32 Å². The van der Waals surface area contributed by atoms with Crippen molar-refractivity contribution < 1.29 is 14.7 Å². The number of aliphatic carboxylic acids is 1. The molecule has 4 nitrogen and oxygen atoms in total. The maximum atomic E-state index is 12.1. The fourth-order valence-electron chi connectivity index (χ4n) is 2.37. The van der Waals surface area contributed by atoms with Gasteiger partial charge < -0.3 is 10.4 Å². The summed E-state index contributed by atoms with van der Waals surface area (Å²) in [5.41, 5.74) is -0.240. The van der Waals surface area contributed by atoms with Gasteiger partial charge in [0.1, 0.15) is 0 Å². The lowest BCUT2D eigenvalue weighted by Crippen LogP contribution is -2.44. The average molecular weight is 241 g/mol. The van der Waals surface area contributed by atoms with Crippen molar-refractivity contribution in [3.05, 3.63) is 0 Å². The Morgan fingerprint density at radius 2 is 1.88 bits per heavy atom. The van der Waals surface area contributed by atoms with E-state index in [4.69, 9.17) is 5.11 Å². The molecule has 0 aromatic heterocycles. The lowest BCUT2D eigenvalue weighted by molar-refractivity contribution is -0.138. The topological polar surface area (TPSA) is 66.4 Å². The van der Waals surface area contributed by atoms with E-state index in [1.54, 1.807) is 0 Å². The van der Waals surface area contributed by atoms with Crippen LogP contribution in [0.2, 0.25) is 0 Å². The van der Waals surface area contributed by atoms with Gasteiger partial charge in [-0.1, -0.05) is 26.2 Å². The monoisotopic (exact) mass is 241 g/mol. The Hall–Kier alpha value is -1.06. The van der Waals surface area contributed by atoms with Gasteiger partial charge in [-0.25, -0.2) is 0 Å². The van der Waals surface area contributed by atoms with Crippen molar-refractivity contribution in [3.8, 4) is 0 Å². The van der Waals surface area contributed by atoms with E-state index in [1.165, 1.54) is 6.42 Å². The molecule has 98 valence electrons. The first-order valence-corrected chi connectivity index (χ1v) is 6.47. The van der Waals surface area contributed by atoms with Gasteiger partial charge in [-0.2, -0.15) is 0 Å². The number of amides is 1. The fourth-order valence-corrected chi connectivity index (χ4v) is 2.37. The van der Waals surface area contributed by atoms with Crippen LogP contribution in [0.1, 0.15) is 58.8 Å². The number of hydrogen-bond donors (Lipinski definition) is 2. The van der Waals surface area contributed by atoms with Gasteiger partial charge in [0.15, 0.2) is 0 Å². The van der Waals surface area contributed by atoms with Crippen LogP contribution >= 0.6 is 0 Å². The smallest absolute Gasteiger partial charge is 0.303 e. The molecular weight excluding hydrogens is 218 g/mol. The first-order chi connectivity index (χ1) is 7.94. The number of carbonyl (C=O) groups is 2. The minimum Gasteiger partial charge on any atom is -0.481 e. The lowest BCUT2D eigenvalue weighted by atomic mass is 9.75. The zero-order chi connectivity index (χ0) is 12.9. The number of hydrogen-bond acceptors (Lipinski definition) is 2. The number of carbonyl (C=O) groups excluding carboxylic acids is 1. The molecule has 1 rings (SSSR count). The van der Waals surface area contributed by atoms with E-state index >= 15 is 0 Å². The van der Waals surface area contributed by atoms with Crippen molar-refractivity contribution in [2.45, 2.75) is 64.8 Å². The van der Waals surface area contributed by atoms with Crippen LogP contribution in [0.3, 0.4) is 0 Å². The summed E-state index contributed by atoms with van der Waals surface area (Å²) in [5, 5.41) is 11.5. The highest BCUT2D eigenvalue weighted by Crippen LogP contribution is 2.35. The molecule has 4 heteroatoms. The third-order valence-corrected chi connectivity index (χ3v) is 3.67. The summed E-state index contributed by atoms with van der Waals surface area (Å²) in [6.45, 7) is 3.89. The second kappa shape index (κ2) is 6.03. The first kappa shape index (κ1) is 14.0. The molecule has 0 spiro atoms. The van der Waals surface area contributed by atoms with E-state index in [0.29, 0.717) is 6.42 Å². The zero-order valence-electron chi connectivity index (χ0n) is 10.8. The summed E-state index contributed by atoms with van der Waals surface area (Å²) in [6.07, 6.45) is 5.96. The van der Waals surface area contributed by atoms with Crippen LogP contribution in [-0.4, -0.2) is 23.0 Å². The van der Waals surface area contributed by atoms with E-state index in [0.717, 1.165) is 25.7 Å². The number of nitrogens with one attached hydrogen (secondary N) is 1. The van der Waals surface area contributed by atoms with Crippen LogP contribution in [0.4, 0.5) is 0 Å². The molecule has 1 unspecified atom stereocenters.